The molecule has 0 amide bonds. The molecule has 9 heteroatoms. The van der Waals surface area contributed by atoms with E-state index in [0.29, 0.717) is 23.1 Å². The van der Waals surface area contributed by atoms with Crippen LogP contribution in [0, 0.1) is 11.8 Å². The Hall–Kier alpha value is -2.26. The predicted octanol–water partition coefficient (Wildman–Crippen LogP) is 3.47. The summed E-state index contributed by atoms with van der Waals surface area (Å²) < 4.78 is 37.0. The molecule has 2 atom stereocenters. The Kier molecular flexibility index (Phi) is 7.25. The van der Waals surface area contributed by atoms with E-state index in [1.807, 2.05) is 10.7 Å². The number of hydrogen-bond acceptors (Lipinski definition) is 6. The molecule has 1 saturated heterocycles. The fourth-order valence-corrected chi connectivity index (χ4v) is 4.04. The van der Waals surface area contributed by atoms with Crippen LogP contribution >= 0.6 is 0 Å². The Labute approximate surface area is 176 Å². The molecule has 2 unspecified atom stereocenters. The number of pyridine rings is 1. The van der Waals surface area contributed by atoms with Gasteiger partial charge in [0.2, 0.25) is 0 Å². The molecule has 2 aromatic rings. The molecular weight excluding hydrogens is 392 g/mol. The van der Waals surface area contributed by atoms with Crippen molar-refractivity contribution in [2.75, 3.05) is 39.1 Å². The number of nitrogens with zero attached hydrogens (tertiary/aromatic N) is 4. The number of methoxy groups -OCH3 is 1. The van der Waals surface area contributed by atoms with Gasteiger partial charge in [0.1, 0.15) is 0 Å². The van der Waals surface area contributed by atoms with E-state index in [0.717, 1.165) is 38.4 Å². The molecule has 1 aliphatic heterocycles. The van der Waals surface area contributed by atoms with Gasteiger partial charge >= 0.3 is 6.61 Å². The summed E-state index contributed by atoms with van der Waals surface area (Å²) in [5.41, 5.74) is 8.06. The normalized spacial score (nSPS) is 19.9. The molecule has 0 bridgehead atoms. The highest BCUT2D eigenvalue weighted by molar-refractivity contribution is 5.64. The first-order valence-corrected chi connectivity index (χ1v) is 10.3. The Morgan fingerprint density at radius 1 is 1.27 bits per heavy atom. The fourth-order valence-electron chi connectivity index (χ4n) is 4.04. The number of ether oxygens (including phenoxy) is 2. The number of anilines is 1. The van der Waals surface area contributed by atoms with Gasteiger partial charge in [-0.05, 0) is 44.2 Å². The number of alkyl halides is 2. The summed E-state index contributed by atoms with van der Waals surface area (Å²) in [7, 11) is 1.73. The quantitative estimate of drug-likeness (QED) is 0.665. The van der Waals surface area contributed by atoms with Crippen LogP contribution in [0.3, 0.4) is 0 Å². The van der Waals surface area contributed by atoms with Crippen LogP contribution in [0.5, 0.6) is 5.75 Å². The number of nitrogens with two attached hydrogens (primary N) is 1. The lowest BCUT2D eigenvalue weighted by atomic mass is 9.93. The Morgan fingerprint density at radius 2 is 2.03 bits per heavy atom. The number of likely N-dealkylation sites (tertiary alicyclic amines) is 1. The fraction of sp³-hybridized carbons (Fsp3) is 0.619. The lowest BCUT2D eigenvalue weighted by Gasteiger charge is -2.17. The smallest absolute Gasteiger partial charge is 0.387 e. The van der Waals surface area contributed by atoms with E-state index in [2.05, 4.69) is 35.4 Å². The van der Waals surface area contributed by atoms with Gasteiger partial charge in [0.15, 0.2) is 11.6 Å². The highest BCUT2D eigenvalue weighted by Gasteiger charge is 2.30. The standard InChI is InChI=1S/C21H31F2N5O2/c1-13(2)28-17(7-16-12-27(5-6-29-4)11-14(16)3)9-18(26-28)15-8-19(30-21(22)23)20(24)25-10-15/h8-10,13-14,16,21H,5-7,11-12H2,1-4H3,(H2,24,25). The molecule has 0 radical (unpaired) electrons. The average Bonchev–Trinajstić information content (AvgIpc) is 3.25. The topological polar surface area (TPSA) is 78.4 Å². The van der Waals surface area contributed by atoms with Crippen molar-refractivity contribution >= 4 is 5.82 Å². The molecule has 166 valence electrons. The van der Waals surface area contributed by atoms with Gasteiger partial charge in [-0.2, -0.15) is 13.9 Å². The van der Waals surface area contributed by atoms with Gasteiger partial charge in [-0.15, -0.1) is 0 Å². The Morgan fingerprint density at radius 3 is 2.70 bits per heavy atom. The number of halogens is 2. The molecule has 7 nitrogen and oxygen atoms in total. The minimum absolute atomic E-state index is 0.0708. The molecule has 2 aromatic heterocycles. The van der Waals surface area contributed by atoms with Crippen LogP contribution in [-0.2, 0) is 11.2 Å². The molecule has 1 fully saturated rings. The second-order valence-electron chi connectivity index (χ2n) is 8.24. The summed E-state index contributed by atoms with van der Waals surface area (Å²) in [6.07, 6.45) is 2.44. The minimum Gasteiger partial charge on any atom is -0.431 e. The maximum atomic E-state index is 12.6. The molecule has 0 aliphatic carbocycles. The van der Waals surface area contributed by atoms with Crippen molar-refractivity contribution in [3.8, 4) is 17.0 Å². The molecule has 30 heavy (non-hydrogen) atoms. The van der Waals surface area contributed by atoms with E-state index < -0.39 is 6.61 Å². The lowest BCUT2D eigenvalue weighted by Crippen LogP contribution is -2.25. The second-order valence-corrected chi connectivity index (χ2v) is 8.24. The number of nitrogen functional groups attached to an aromatic ring is 1. The summed E-state index contributed by atoms with van der Waals surface area (Å²) >= 11 is 0. The van der Waals surface area contributed by atoms with E-state index in [1.54, 1.807) is 7.11 Å². The van der Waals surface area contributed by atoms with Gasteiger partial charge in [-0.3, -0.25) is 4.68 Å². The average molecular weight is 424 g/mol. The van der Waals surface area contributed by atoms with Crippen molar-refractivity contribution in [1.82, 2.24) is 19.7 Å². The second kappa shape index (κ2) is 9.70. The van der Waals surface area contributed by atoms with Gasteiger partial charge < -0.3 is 20.1 Å². The molecule has 1 aliphatic rings. The molecule has 0 spiro atoms. The van der Waals surface area contributed by atoms with E-state index in [4.69, 9.17) is 15.6 Å². The molecule has 3 rings (SSSR count). The zero-order chi connectivity index (χ0) is 21.8. The van der Waals surface area contributed by atoms with Crippen molar-refractivity contribution in [3.05, 3.63) is 24.0 Å². The zero-order valence-corrected chi connectivity index (χ0v) is 18.0. The summed E-state index contributed by atoms with van der Waals surface area (Å²) in [6, 6.07) is 3.66. The number of hydrogen-bond donors (Lipinski definition) is 1. The van der Waals surface area contributed by atoms with E-state index in [-0.39, 0.29) is 17.6 Å². The Balaban J connectivity index is 1.82. The minimum atomic E-state index is -2.96. The monoisotopic (exact) mass is 423 g/mol. The first-order chi connectivity index (χ1) is 14.3. The van der Waals surface area contributed by atoms with Crippen LogP contribution in [0.25, 0.3) is 11.3 Å². The SMILES string of the molecule is COCCN1CC(C)C(Cc2cc(-c3cnc(N)c(OC(F)F)c3)nn2C(C)C)C1. The molecule has 3 heterocycles. The van der Waals surface area contributed by atoms with Crippen molar-refractivity contribution in [3.63, 3.8) is 0 Å². The molecule has 2 N–H and O–H groups in total. The van der Waals surface area contributed by atoms with Crippen LogP contribution in [0.1, 0.15) is 32.5 Å². The van der Waals surface area contributed by atoms with E-state index in [9.17, 15) is 8.78 Å². The van der Waals surface area contributed by atoms with Gasteiger partial charge in [-0.1, -0.05) is 6.92 Å². The molecular formula is C21H31F2N5O2. The van der Waals surface area contributed by atoms with Gasteiger partial charge in [0.25, 0.3) is 0 Å². The largest absolute Gasteiger partial charge is 0.431 e. The van der Waals surface area contributed by atoms with Crippen LogP contribution in [-0.4, -0.2) is 59.6 Å². The third-order valence-corrected chi connectivity index (χ3v) is 5.62. The van der Waals surface area contributed by atoms with Gasteiger partial charge in [0.05, 0.1) is 12.3 Å². The third kappa shape index (κ3) is 5.26. The third-order valence-electron chi connectivity index (χ3n) is 5.62. The highest BCUT2D eigenvalue weighted by atomic mass is 19.3. The van der Waals surface area contributed by atoms with E-state index in [1.165, 1.54) is 12.3 Å². The first-order valence-electron chi connectivity index (χ1n) is 10.3. The van der Waals surface area contributed by atoms with Crippen molar-refractivity contribution in [2.45, 2.75) is 39.8 Å². The van der Waals surface area contributed by atoms with Crippen LogP contribution in [0.15, 0.2) is 18.3 Å². The van der Waals surface area contributed by atoms with Crippen LogP contribution in [0.2, 0.25) is 0 Å². The summed E-state index contributed by atoms with van der Waals surface area (Å²) in [4.78, 5) is 6.44. The number of rotatable bonds is 9. The first kappa shape index (κ1) is 22.4. The van der Waals surface area contributed by atoms with Crippen LogP contribution < -0.4 is 10.5 Å². The summed E-state index contributed by atoms with van der Waals surface area (Å²) in [5.74, 6) is 0.885. The van der Waals surface area contributed by atoms with E-state index >= 15 is 0 Å². The van der Waals surface area contributed by atoms with Gasteiger partial charge in [-0.25, -0.2) is 4.98 Å². The summed E-state index contributed by atoms with van der Waals surface area (Å²) in [6.45, 7) is 7.25. The lowest BCUT2D eigenvalue weighted by molar-refractivity contribution is -0.0494. The molecule has 0 aromatic carbocycles. The molecule has 0 saturated carbocycles. The van der Waals surface area contributed by atoms with Gasteiger partial charge in [0, 0.05) is 50.2 Å². The maximum Gasteiger partial charge on any atom is 0.387 e. The van der Waals surface area contributed by atoms with Crippen molar-refractivity contribution in [1.29, 1.82) is 0 Å². The zero-order valence-electron chi connectivity index (χ0n) is 18.0. The Bertz CT molecular complexity index is 843. The number of aromatic nitrogens is 3. The maximum absolute atomic E-state index is 12.6. The van der Waals surface area contributed by atoms with Crippen molar-refractivity contribution in [2.24, 2.45) is 11.8 Å². The highest BCUT2D eigenvalue weighted by Crippen LogP contribution is 2.31. The predicted molar refractivity (Wildman–Crippen MR) is 112 cm³/mol. The van der Waals surface area contributed by atoms with Crippen LogP contribution in [0.4, 0.5) is 14.6 Å². The van der Waals surface area contributed by atoms with Crippen molar-refractivity contribution < 1.29 is 18.3 Å². The summed E-state index contributed by atoms with van der Waals surface area (Å²) in [5, 5.41) is 4.72.